The van der Waals surface area contributed by atoms with Crippen LogP contribution in [0, 0.1) is 0 Å². The van der Waals surface area contributed by atoms with Crippen LogP contribution in [0.1, 0.15) is 24.8 Å². The number of carbonyl (C=O) groups is 2. The maximum atomic E-state index is 12.3. The van der Waals surface area contributed by atoms with Gasteiger partial charge in [-0.25, -0.2) is 0 Å². The van der Waals surface area contributed by atoms with Gasteiger partial charge in [-0.3, -0.25) is 14.5 Å². The predicted molar refractivity (Wildman–Crippen MR) is 78.9 cm³/mol. The topological polar surface area (TPSA) is 58.6 Å². The van der Waals surface area contributed by atoms with Gasteiger partial charge >= 0.3 is 0 Å². The monoisotopic (exact) mass is 288 g/mol. The standard InChI is InChI=1S/C16H20N2O3/c1-21-9-8-11-4-2-3-5-13(11)17-14-10-15(19)18(16(14)20)12-6-7-12/h2-5,12,14,17H,6-10H2,1H3. The third-order valence-electron chi connectivity index (χ3n) is 4.02. The minimum atomic E-state index is -0.429. The van der Waals surface area contributed by atoms with E-state index in [1.54, 1.807) is 7.11 Å². The zero-order valence-electron chi connectivity index (χ0n) is 12.2. The first-order valence-corrected chi connectivity index (χ1v) is 7.40. The number of anilines is 1. The minimum absolute atomic E-state index is 0.0469. The van der Waals surface area contributed by atoms with Gasteiger partial charge in [-0.2, -0.15) is 0 Å². The number of carbonyl (C=O) groups excluding carboxylic acids is 2. The lowest BCUT2D eigenvalue weighted by Gasteiger charge is -2.17. The van der Waals surface area contributed by atoms with Crippen LogP contribution in [0.2, 0.25) is 0 Å². The molecule has 1 saturated carbocycles. The summed E-state index contributed by atoms with van der Waals surface area (Å²) in [7, 11) is 1.67. The molecule has 1 unspecified atom stereocenters. The normalized spacial score (nSPS) is 22.0. The van der Waals surface area contributed by atoms with Crippen molar-refractivity contribution >= 4 is 17.5 Å². The number of hydrogen-bond acceptors (Lipinski definition) is 4. The minimum Gasteiger partial charge on any atom is -0.384 e. The summed E-state index contributed by atoms with van der Waals surface area (Å²) in [5.74, 6) is -0.126. The number of likely N-dealkylation sites (tertiary alicyclic amines) is 1. The maximum Gasteiger partial charge on any atom is 0.252 e. The molecular weight excluding hydrogens is 268 g/mol. The van der Waals surface area contributed by atoms with E-state index in [9.17, 15) is 9.59 Å². The predicted octanol–water partition coefficient (Wildman–Crippen LogP) is 1.58. The molecule has 1 aliphatic heterocycles. The Bertz CT molecular complexity index is 554. The fourth-order valence-corrected chi connectivity index (χ4v) is 2.76. The van der Waals surface area contributed by atoms with Crippen LogP contribution in [0.5, 0.6) is 0 Å². The lowest BCUT2D eigenvalue weighted by Crippen LogP contribution is -2.36. The van der Waals surface area contributed by atoms with Crippen molar-refractivity contribution in [2.45, 2.75) is 37.8 Å². The van der Waals surface area contributed by atoms with Gasteiger partial charge in [0.25, 0.3) is 5.91 Å². The molecule has 5 nitrogen and oxygen atoms in total. The summed E-state index contributed by atoms with van der Waals surface area (Å²) in [6.45, 7) is 0.629. The first kappa shape index (κ1) is 14.1. The van der Waals surface area contributed by atoms with Gasteiger partial charge in [-0.05, 0) is 30.9 Å². The highest BCUT2D eigenvalue weighted by atomic mass is 16.5. The Morgan fingerprint density at radius 3 is 2.76 bits per heavy atom. The number of imide groups is 1. The lowest BCUT2D eigenvalue weighted by atomic mass is 10.1. The summed E-state index contributed by atoms with van der Waals surface area (Å²) in [6.07, 6.45) is 2.94. The molecule has 0 aromatic heterocycles. The number of ether oxygens (including phenoxy) is 1. The third-order valence-corrected chi connectivity index (χ3v) is 4.02. The zero-order chi connectivity index (χ0) is 14.8. The summed E-state index contributed by atoms with van der Waals surface area (Å²) in [5.41, 5.74) is 2.02. The van der Waals surface area contributed by atoms with Crippen molar-refractivity contribution in [1.29, 1.82) is 0 Å². The second-order valence-corrected chi connectivity index (χ2v) is 5.63. The average molecular weight is 288 g/mol. The van der Waals surface area contributed by atoms with Crippen LogP contribution in [0.25, 0.3) is 0 Å². The van der Waals surface area contributed by atoms with E-state index < -0.39 is 6.04 Å². The first-order valence-electron chi connectivity index (χ1n) is 7.40. The molecule has 2 aliphatic rings. The highest BCUT2D eigenvalue weighted by Gasteiger charge is 2.46. The van der Waals surface area contributed by atoms with E-state index in [2.05, 4.69) is 5.32 Å². The van der Waals surface area contributed by atoms with Crippen LogP contribution in [0.15, 0.2) is 24.3 Å². The Morgan fingerprint density at radius 2 is 2.05 bits per heavy atom. The van der Waals surface area contributed by atoms with Crippen molar-refractivity contribution in [2.75, 3.05) is 19.0 Å². The molecular formula is C16H20N2O3. The summed E-state index contributed by atoms with van der Waals surface area (Å²) in [6, 6.07) is 7.58. The fraction of sp³-hybridized carbons (Fsp3) is 0.500. The number of nitrogens with one attached hydrogen (secondary N) is 1. The van der Waals surface area contributed by atoms with Gasteiger partial charge in [-0.15, -0.1) is 0 Å². The largest absolute Gasteiger partial charge is 0.384 e. The van der Waals surface area contributed by atoms with E-state index >= 15 is 0 Å². The molecule has 112 valence electrons. The van der Waals surface area contributed by atoms with Crippen molar-refractivity contribution in [3.8, 4) is 0 Å². The SMILES string of the molecule is COCCc1ccccc1NC1CC(=O)N(C2CC2)C1=O. The number of rotatable bonds is 6. The van der Waals surface area contributed by atoms with Crippen LogP contribution < -0.4 is 5.32 Å². The summed E-state index contributed by atoms with van der Waals surface area (Å²) in [5, 5.41) is 3.24. The molecule has 1 heterocycles. The average Bonchev–Trinajstić information content (AvgIpc) is 3.26. The number of methoxy groups -OCH3 is 1. The van der Waals surface area contributed by atoms with Gasteiger partial charge in [0.15, 0.2) is 0 Å². The Hall–Kier alpha value is -1.88. The summed E-state index contributed by atoms with van der Waals surface area (Å²) < 4.78 is 5.11. The number of hydrogen-bond donors (Lipinski definition) is 1. The van der Waals surface area contributed by atoms with Crippen LogP contribution in [-0.4, -0.2) is 42.5 Å². The number of nitrogens with zero attached hydrogens (tertiary/aromatic N) is 1. The second-order valence-electron chi connectivity index (χ2n) is 5.63. The number of amides is 2. The highest BCUT2D eigenvalue weighted by Crippen LogP contribution is 2.32. The van der Waals surface area contributed by atoms with Crippen molar-refractivity contribution in [3.63, 3.8) is 0 Å². The van der Waals surface area contributed by atoms with Gasteiger partial charge in [0.05, 0.1) is 13.0 Å². The van der Waals surface area contributed by atoms with Crippen LogP contribution >= 0.6 is 0 Å². The van der Waals surface area contributed by atoms with Gasteiger partial charge in [0.2, 0.25) is 5.91 Å². The van der Waals surface area contributed by atoms with E-state index in [-0.39, 0.29) is 24.3 Å². The molecule has 3 rings (SSSR count). The van der Waals surface area contributed by atoms with E-state index in [1.165, 1.54) is 4.90 Å². The van der Waals surface area contributed by atoms with Crippen LogP contribution in [0.4, 0.5) is 5.69 Å². The Kier molecular flexibility index (Phi) is 3.92. The molecule has 1 aromatic carbocycles. The van der Waals surface area contributed by atoms with Crippen LogP contribution in [-0.2, 0) is 20.7 Å². The second kappa shape index (κ2) is 5.85. The lowest BCUT2D eigenvalue weighted by molar-refractivity contribution is -0.139. The van der Waals surface area contributed by atoms with Crippen LogP contribution in [0.3, 0.4) is 0 Å². The fourth-order valence-electron chi connectivity index (χ4n) is 2.76. The van der Waals surface area contributed by atoms with E-state index in [4.69, 9.17) is 4.74 Å². The molecule has 21 heavy (non-hydrogen) atoms. The van der Waals surface area contributed by atoms with E-state index in [0.29, 0.717) is 6.61 Å². The molecule has 0 spiro atoms. The quantitative estimate of drug-likeness (QED) is 0.807. The molecule has 2 amide bonds. The van der Waals surface area contributed by atoms with Gasteiger partial charge < -0.3 is 10.1 Å². The molecule has 5 heteroatoms. The summed E-state index contributed by atoms with van der Waals surface area (Å²) in [4.78, 5) is 25.8. The molecule has 1 atom stereocenters. The van der Waals surface area contributed by atoms with Gasteiger partial charge in [0.1, 0.15) is 6.04 Å². The maximum absolute atomic E-state index is 12.3. The highest BCUT2D eigenvalue weighted by molar-refractivity contribution is 6.07. The van der Waals surface area contributed by atoms with Crippen molar-refractivity contribution < 1.29 is 14.3 Å². The van der Waals surface area contributed by atoms with Crippen molar-refractivity contribution in [3.05, 3.63) is 29.8 Å². The molecule has 1 N–H and O–H groups in total. The molecule has 1 aromatic rings. The van der Waals surface area contributed by atoms with E-state index in [0.717, 1.165) is 30.5 Å². The summed E-state index contributed by atoms with van der Waals surface area (Å²) >= 11 is 0. The Balaban J connectivity index is 1.72. The molecule has 0 bridgehead atoms. The first-order chi connectivity index (χ1) is 10.2. The molecule has 1 aliphatic carbocycles. The number of benzene rings is 1. The molecule has 0 radical (unpaired) electrons. The third kappa shape index (κ3) is 2.93. The van der Waals surface area contributed by atoms with Crippen molar-refractivity contribution in [2.24, 2.45) is 0 Å². The zero-order valence-corrected chi connectivity index (χ0v) is 12.2. The van der Waals surface area contributed by atoms with Gasteiger partial charge in [0, 0.05) is 18.8 Å². The molecule has 1 saturated heterocycles. The molecule has 2 fully saturated rings. The van der Waals surface area contributed by atoms with Crippen molar-refractivity contribution in [1.82, 2.24) is 4.90 Å². The van der Waals surface area contributed by atoms with Gasteiger partial charge in [-0.1, -0.05) is 18.2 Å². The Morgan fingerprint density at radius 1 is 1.29 bits per heavy atom. The Labute approximate surface area is 124 Å². The smallest absolute Gasteiger partial charge is 0.252 e. The number of para-hydroxylation sites is 1. The van der Waals surface area contributed by atoms with E-state index in [1.807, 2.05) is 24.3 Å².